The van der Waals surface area contributed by atoms with Crippen molar-refractivity contribution in [2.45, 2.75) is 38.5 Å². The summed E-state index contributed by atoms with van der Waals surface area (Å²) in [6.07, 6.45) is 0. The summed E-state index contributed by atoms with van der Waals surface area (Å²) in [5.41, 5.74) is 6.13. The Labute approximate surface area is 195 Å². The predicted molar refractivity (Wildman–Crippen MR) is 131 cm³/mol. The molecule has 1 aliphatic heterocycles. The molecule has 0 spiro atoms. The maximum absolute atomic E-state index is 11.9. The first-order chi connectivity index (χ1) is 16.0. The van der Waals surface area contributed by atoms with Gasteiger partial charge in [-0.2, -0.15) is 0 Å². The number of rotatable bonds is 6. The minimum absolute atomic E-state index is 0.0385. The molecule has 4 N–H and O–H groups in total. The van der Waals surface area contributed by atoms with Crippen molar-refractivity contribution in [3.8, 4) is 5.75 Å². The highest BCUT2D eigenvalue weighted by Gasteiger charge is 2.35. The van der Waals surface area contributed by atoms with Crippen LogP contribution in [0.15, 0.2) is 78.9 Å². The second-order valence-electron chi connectivity index (χ2n) is 8.90. The number of carbonyl (C=O) groups is 1. The minimum Gasteiger partial charge on any atom is -0.508 e. The number of benzene rings is 3. The zero-order valence-corrected chi connectivity index (χ0v) is 19.2. The van der Waals surface area contributed by atoms with E-state index in [1.54, 1.807) is 18.2 Å². The molecule has 172 valence electrons. The molecule has 1 amide bonds. The van der Waals surface area contributed by atoms with Gasteiger partial charge in [0, 0.05) is 37.3 Å². The highest BCUT2D eigenvalue weighted by atomic mass is 16.3. The topological polar surface area (TPSA) is 81.8 Å². The lowest BCUT2D eigenvalue weighted by atomic mass is 9.92. The number of phenolic OH excluding ortho intramolecular Hbond substituents is 1. The summed E-state index contributed by atoms with van der Waals surface area (Å²) in [7, 11) is 0. The fourth-order valence-electron chi connectivity index (χ4n) is 4.79. The van der Waals surface area contributed by atoms with E-state index in [1.165, 1.54) is 5.56 Å². The lowest BCUT2D eigenvalue weighted by Gasteiger charge is -2.47. The van der Waals surface area contributed by atoms with Crippen LogP contribution < -0.4 is 11.3 Å². The van der Waals surface area contributed by atoms with Gasteiger partial charge in [-0.3, -0.25) is 20.0 Å². The Morgan fingerprint density at radius 3 is 2.36 bits per heavy atom. The molecule has 1 heterocycles. The summed E-state index contributed by atoms with van der Waals surface area (Å²) >= 11 is 0. The van der Waals surface area contributed by atoms with E-state index in [0.717, 1.165) is 30.8 Å². The van der Waals surface area contributed by atoms with Crippen LogP contribution in [0.4, 0.5) is 0 Å². The monoisotopic (exact) mass is 444 g/mol. The molecule has 3 aromatic carbocycles. The molecular weight excluding hydrogens is 412 g/mol. The molecule has 1 fully saturated rings. The quantitative estimate of drug-likeness (QED) is 0.307. The Balaban J connectivity index is 1.62. The van der Waals surface area contributed by atoms with Gasteiger partial charge in [-0.25, -0.2) is 5.84 Å². The Hall–Kier alpha value is -3.19. The van der Waals surface area contributed by atoms with Crippen LogP contribution in [0.2, 0.25) is 0 Å². The van der Waals surface area contributed by atoms with Crippen LogP contribution in [0.25, 0.3) is 0 Å². The number of carbonyl (C=O) groups excluding carboxylic acids is 1. The molecule has 0 bridgehead atoms. The maximum atomic E-state index is 11.9. The van der Waals surface area contributed by atoms with Crippen molar-refractivity contribution < 1.29 is 9.90 Å². The van der Waals surface area contributed by atoms with Crippen molar-refractivity contribution in [2.75, 3.05) is 13.1 Å². The normalized spacial score (nSPS) is 20.3. The van der Waals surface area contributed by atoms with Gasteiger partial charge in [0.1, 0.15) is 5.75 Å². The Bertz CT molecular complexity index is 1070. The van der Waals surface area contributed by atoms with Crippen molar-refractivity contribution in [3.63, 3.8) is 0 Å². The van der Waals surface area contributed by atoms with Crippen LogP contribution in [-0.4, -0.2) is 46.0 Å². The van der Waals surface area contributed by atoms with Crippen molar-refractivity contribution in [2.24, 2.45) is 5.84 Å². The maximum Gasteiger partial charge on any atom is 0.265 e. The summed E-state index contributed by atoms with van der Waals surface area (Å²) < 4.78 is 0. The van der Waals surface area contributed by atoms with Crippen LogP contribution in [0, 0.1) is 0 Å². The minimum atomic E-state index is -0.313. The molecule has 3 aromatic rings. The molecule has 0 aliphatic carbocycles. The summed E-state index contributed by atoms with van der Waals surface area (Å²) in [4.78, 5) is 16.9. The SMILES string of the molecule is CC1CN(C(c2ccc(C(=O)NN)cc2)c2cccc(O)c2)C(C)CN1Cc1ccccc1. The van der Waals surface area contributed by atoms with Crippen LogP contribution >= 0.6 is 0 Å². The third-order valence-electron chi connectivity index (χ3n) is 6.53. The summed E-state index contributed by atoms with van der Waals surface area (Å²) in [6.45, 7) is 7.30. The third kappa shape index (κ3) is 5.25. The fourth-order valence-corrected chi connectivity index (χ4v) is 4.79. The first kappa shape index (κ1) is 23.0. The zero-order valence-electron chi connectivity index (χ0n) is 19.2. The predicted octanol–water partition coefficient (Wildman–Crippen LogP) is 3.68. The standard InChI is InChI=1S/C27H32N4O2/c1-19-17-31(20(2)16-30(19)18-21-7-4-3-5-8-21)26(24-9-6-10-25(32)15-24)22-11-13-23(14-12-22)27(33)29-28/h3-15,19-20,26,32H,16-18,28H2,1-2H3,(H,29,33). The highest BCUT2D eigenvalue weighted by molar-refractivity contribution is 5.93. The number of nitrogens with one attached hydrogen (secondary N) is 1. The van der Waals surface area contributed by atoms with Gasteiger partial charge in [0.05, 0.1) is 6.04 Å². The average Bonchev–Trinajstić information content (AvgIpc) is 2.83. The van der Waals surface area contributed by atoms with Gasteiger partial charge in [0.2, 0.25) is 0 Å². The molecule has 3 atom stereocenters. The summed E-state index contributed by atoms with van der Waals surface area (Å²) in [5, 5.41) is 10.2. The second kappa shape index (κ2) is 10.2. The van der Waals surface area contributed by atoms with Gasteiger partial charge >= 0.3 is 0 Å². The average molecular weight is 445 g/mol. The van der Waals surface area contributed by atoms with Crippen molar-refractivity contribution in [1.82, 2.24) is 15.2 Å². The molecular formula is C27H32N4O2. The Morgan fingerprint density at radius 1 is 0.970 bits per heavy atom. The molecule has 0 aromatic heterocycles. The molecule has 0 radical (unpaired) electrons. The van der Waals surface area contributed by atoms with Crippen molar-refractivity contribution in [3.05, 3.63) is 101 Å². The van der Waals surface area contributed by atoms with Crippen LogP contribution in [0.3, 0.4) is 0 Å². The van der Waals surface area contributed by atoms with Crippen LogP contribution in [0.1, 0.15) is 46.9 Å². The van der Waals surface area contributed by atoms with E-state index in [2.05, 4.69) is 65.5 Å². The van der Waals surface area contributed by atoms with E-state index in [0.29, 0.717) is 17.6 Å². The fraction of sp³-hybridized carbons (Fsp3) is 0.296. The zero-order chi connectivity index (χ0) is 23.4. The molecule has 6 heteroatoms. The Kier molecular flexibility index (Phi) is 7.08. The number of nitrogens with zero attached hydrogens (tertiary/aromatic N) is 2. The first-order valence-electron chi connectivity index (χ1n) is 11.4. The van der Waals surface area contributed by atoms with E-state index in [-0.39, 0.29) is 17.7 Å². The highest BCUT2D eigenvalue weighted by Crippen LogP contribution is 2.35. The number of hydrazine groups is 1. The molecule has 3 unspecified atom stereocenters. The number of hydrogen-bond donors (Lipinski definition) is 3. The molecule has 1 aliphatic rings. The lowest BCUT2D eigenvalue weighted by molar-refractivity contribution is 0.0195. The van der Waals surface area contributed by atoms with E-state index in [1.807, 2.05) is 24.3 Å². The van der Waals surface area contributed by atoms with Crippen molar-refractivity contribution in [1.29, 1.82) is 0 Å². The van der Waals surface area contributed by atoms with Gasteiger partial charge in [-0.1, -0.05) is 54.6 Å². The van der Waals surface area contributed by atoms with E-state index in [4.69, 9.17) is 5.84 Å². The number of hydrogen-bond acceptors (Lipinski definition) is 5. The molecule has 0 saturated carbocycles. The molecule has 4 rings (SSSR count). The summed E-state index contributed by atoms with van der Waals surface area (Å²) in [6, 6.07) is 26.2. The van der Waals surface area contributed by atoms with Crippen molar-refractivity contribution >= 4 is 5.91 Å². The Morgan fingerprint density at radius 2 is 1.70 bits per heavy atom. The molecule has 33 heavy (non-hydrogen) atoms. The largest absolute Gasteiger partial charge is 0.508 e. The van der Waals surface area contributed by atoms with Gasteiger partial charge in [0.25, 0.3) is 5.91 Å². The number of nitrogen functional groups attached to an aromatic ring is 1. The van der Waals surface area contributed by atoms with Crippen LogP contribution in [-0.2, 0) is 6.54 Å². The number of phenols is 1. The third-order valence-corrected chi connectivity index (χ3v) is 6.53. The molecule has 6 nitrogen and oxygen atoms in total. The van der Waals surface area contributed by atoms with E-state index >= 15 is 0 Å². The smallest absolute Gasteiger partial charge is 0.265 e. The van der Waals surface area contributed by atoms with E-state index < -0.39 is 0 Å². The molecule has 1 saturated heterocycles. The van der Waals surface area contributed by atoms with Crippen LogP contribution in [0.5, 0.6) is 5.75 Å². The number of piperazine rings is 1. The summed E-state index contributed by atoms with van der Waals surface area (Å²) in [5.74, 6) is 5.23. The lowest BCUT2D eigenvalue weighted by Crippen LogP contribution is -2.56. The number of nitrogens with two attached hydrogens (primary N) is 1. The second-order valence-corrected chi connectivity index (χ2v) is 8.90. The first-order valence-corrected chi connectivity index (χ1v) is 11.4. The van der Waals surface area contributed by atoms with Gasteiger partial charge < -0.3 is 5.11 Å². The van der Waals surface area contributed by atoms with E-state index in [9.17, 15) is 9.90 Å². The van der Waals surface area contributed by atoms with Gasteiger partial charge in [0.15, 0.2) is 0 Å². The van der Waals surface area contributed by atoms with Gasteiger partial charge in [-0.05, 0) is 54.8 Å². The van der Waals surface area contributed by atoms with Gasteiger partial charge in [-0.15, -0.1) is 0 Å². The number of aromatic hydroxyl groups is 1. The number of amides is 1.